The lowest BCUT2D eigenvalue weighted by Gasteiger charge is -2.17. The summed E-state index contributed by atoms with van der Waals surface area (Å²) in [7, 11) is 0. The zero-order chi connectivity index (χ0) is 10.9. The zero-order valence-corrected chi connectivity index (χ0v) is 8.25. The van der Waals surface area contributed by atoms with E-state index in [-0.39, 0.29) is 12.2 Å². The van der Waals surface area contributed by atoms with Gasteiger partial charge in [-0.1, -0.05) is 24.3 Å². The Balaban J connectivity index is 1.92. The summed E-state index contributed by atoms with van der Waals surface area (Å²) in [4.78, 5) is 23.1. The molecule has 4 heteroatoms. The minimum absolute atomic E-state index is 0.287. The van der Waals surface area contributed by atoms with Gasteiger partial charge in [0.05, 0.1) is 12.2 Å². The molecule has 0 N–H and O–H groups in total. The van der Waals surface area contributed by atoms with Gasteiger partial charge in [-0.3, -0.25) is 9.59 Å². The number of cyclic esters (lactones) is 2. The van der Waals surface area contributed by atoms with Crippen molar-refractivity contribution in [3.8, 4) is 0 Å². The largest absolute Gasteiger partial charge is 0.393 e. The number of fused-ring (bicyclic) bond motifs is 8. The summed E-state index contributed by atoms with van der Waals surface area (Å²) in [6, 6.07) is 7.73. The van der Waals surface area contributed by atoms with E-state index < -0.39 is 23.8 Å². The molecule has 0 aromatic heterocycles. The summed E-state index contributed by atoms with van der Waals surface area (Å²) in [5, 5.41) is 0. The van der Waals surface area contributed by atoms with E-state index in [0.29, 0.717) is 0 Å². The van der Waals surface area contributed by atoms with Crippen molar-refractivity contribution in [2.24, 2.45) is 11.8 Å². The lowest BCUT2D eigenvalue weighted by atomic mass is 9.77. The second-order valence-electron chi connectivity index (χ2n) is 4.40. The molecule has 0 amide bonds. The Morgan fingerprint density at radius 2 is 1.38 bits per heavy atom. The maximum absolute atomic E-state index is 11.5. The highest BCUT2D eigenvalue weighted by Gasteiger charge is 2.63. The van der Waals surface area contributed by atoms with E-state index in [0.717, 1.165) is 11.1 Å². The van der Waals surface area contributed by atoms with Crippen LogP contribution in [-0.4, -0.2) is 11.9 Å². The van der Waals surface area contributed by atoms with Crippen LogP contribution in [0.5, 0.6) is 0 Å². The molecule has 3 aliphatic rings. The number of carbonyl (C=O) groups excluding carboxylic acids is 2. The van der Waals surface area contributed by atoms with Crippen LogP contribution < -0.4 is 0 Å². The van der Waals surface area contributed by atoms with Crippen molar-refractivity contribution in [3.05, 3.63) is 35.4 Å². The maximum atomic E-state index is 11.5. The summed E-state index contributed by atoms with van der Waals surface area (Å²) in [5.41, 5.74) is 2.06. The summed E-state index contributed by atoms with van der Waals surface area (Å²) in [6.45, 7) is 0. The highest BCUT2D eigenvalue weighted by Crippen LogP contribution is 2.59. The minimum atomic E-state index is -0.433. The Morgan fingerprint density at radius 1 is 0.875 bits per heavy atom. The van der Waals surface area contributed by atoms with Gasteiger partial charge in [0, 0.05) is 0 Å². The molecule has 0 unspecified atom stereocenters. The molecule has 4 rings (SSSR count). The Hall–Kier alpha value is -1.68. The van der Waals surface area contributed by atoms with Gasteiger partial charge in [-0.15, -0.1) is 0 Å². The third kappa shape index (κ3) is 0.769. The van der Waals surface area contributed by atoms with Crippen molar-refractivity contribution < 1.29 is 19.1 Å². The maximum Gasteiger partial charge on any atom is 0.320 e. The minimum Gasteiger partial charge on any atom is -0.393 e. The van der Waals surface area contributed by atoms with Gasteiger partial charge in [-0.25, -0.2) is 0 Å². The van der Waals surface area contributed by atoms with Crippen LogP contribution in [0.2, 0.25) is 0 Å². The fraction of sp³-hybridized carbons (Fsp3) is 0.333. The van der Waals surface area contributed by atoms with Gasteiger partial charge >= 0.3 is 11.9 Å². The van der Waals surface area contributed by atoms with Crippen LogP contribution in [0.4, 0.5) is 0 Å². The number of benzene rings is 1. The SMILES string of the molecule is O=C1OC(=O)[C@H]2[C@@H]1[C@H]1O[C@@H]2c2ccccc21. The molecule has 16 heavy (non-hydrogen) atoms. The van der Waals surface area contributed by atoms with E-state index in [9.17, 15) is 9.59 Å². The average molecular weight is 216 g/mol. The fourth-order valence-corrected chi connectivity index (χ4v) is 3.04. The van der Waals surface area contributed by atoms with E-state index >= 15 is 0 Å². The van der Waals surface area contributed by atoms with Crippen molar-refractivity contribution in [1.82, 2.24) is 0 Å². The highest BCUT2D eigenvalue weighted by atomic mass is 16.6. The lowest BCUT2D eigenvalue weighted by molar-refractivity contribution is -0.157. The van der Waals surface area contributed by atoms with Crippen molar-refractivity contribution in [2.45, 2.75) is 12.2 Å². The molecule has 2 bridgehead atoms. The molecule has 4 atom stereocenters. The molecule has 80 valence electrons. The van der Waals surface area contributed by atoms with Gasteiger partial charge in [0.2, 0.25) is 0 Å². The smallest absolute Gasteiger partial charge is 0.320 e. The first-order valence-corrected chi connectivity index (χ1v) is 5.27. The van der Waals surface area contributed by atoms with E-state index in [1.54, 1.807) is 0 Å². The Kier molecular flexibility index (Phi) is 1.33. The molecule has 0 saturated carbocycles. The first kappa shape index (κ1) is 8.47. The van der Waals surface area contributed by atoms with Gasteiger partial charge < -0.3 is 9.47 Å². The summed E-state index contributed by atoms with van der Waals surface area (Å²) >= 11 is 0. The molecule has 0 spiro atoms. The quantitative estimate of drug-likeness (QED) is 0.482. The van der Waals surface area contributed by atoms with Gasteiger partial charge in [-0.05, 0) is 11.1 Å². The topological polar surface area (TPSA) is 52.6 Å². The molecule has 0 aliphatic carbocycles. The van der Waals surface area contributed by atoms with E-state index in [1.165, 1.54) is 0 Å². The average Bonchev–Trinajstić information content (AvgIpc) is 2.91. The number of ether oxygens (including phenoxy) is 2. The van der Waals surface area contributed by atoms with E-state index in [2.05, 4.69) is 4.74 Å². The molecular weight excluding hydrogens is 208 g/mol. The van der Waals surface area contributed by atoms with Crippen LogP contribution in [0, 0.1) is 11.8 Å². The Bertz CT molecular complexity index is 477. The van der Waals surface area contributed by atoms with Gasteiger partial charge in [0.15, 0.2) is 0 Å². The fourth-order valence-electron chi connectivity index (χ4n) is 3.04. The first-order chi connectivity index (χ1) is 7.77. The molecule has 2 saturated heterocycles. The predicted octanol–water partition coefficient (Wildman–Crippen LogP) is 1.13. The number of hydrogen-bond donors (Lipinski definition) is 0. The van der Waals surface area contributed by atoms with Gasteiger partial charge in [0.1, 0.15) is 11.8 Å². The van der Waals surface area contributed by atoms with Crippen LogP contribution in [0.15, 0.2) is 24.3 Å². The third-order valence-corrected chi connectivity index (χ3v) is 3.69. The summed E-state index contributed by atoms with van der Waals surface area (Å²) in [6.07, 6.45) is -0.574. The normalized spacial score (nSPS) is 38.5. The lowest BCUT2D eigenvalue weighted by Crippen LogP contribution is -2.23. The van der Waals surface area contributed by atoms with Gasteiger partial charge in [-0.2, -0.15) is 0 Å². The van der Waals surface area contributed by atoms with Crippen molar-refractivity contribution in [1.29, 1.82) is 0 Å². The van der Waals surface area contributed by atoms with Crippen molar-refractivity contribution in [2.75, 3.05) is 0 Å². The van der Waals surface area contributed by atoms with Crippen molar-refractivity contribution in [3.63, 3.8) is 0 Å². The summed E-state index contributed by atoms with van der Waals surface area (Å²) < 4.78 is 10.4. The van der Waals surface area contributed by atoms with Gasteiger partial charge in [0.25, 0.3) is 0 Å². The summed E-state index contributed by atoms with van der Waals surface area (Å²) in [5.74, 6) is -1.71. The number of rotatable bonds is 0. The molecule has 3 heterocycles. The molecule has 0 radical (unpaired) electrons. The van der Waals surface area contributed by atoms with Crippen LogP contribution in [0.25, 0.3) is 0 Å². The third-order valence-electron chi connectivity index (χ3n) is 3.69. The number of esters is 2. The molecule has 3 aliphatic heterocycles. The molecule has 2 fully saturated rings. The second-order valence-corrected chi connectivity index (χ2v) is 4.40. The highest BCUT2D eigenvalue weighted by molar-refractivity contribution is 5.98. The standard InChI is InChI=1S/C12H8O4/c13-11-7-8(12(14)16-11)10-6-4-2-1-3-5(6)9(7)15-10/h1-4,7-10H/t7-,8+,9+,10-. The Labute approximate surface area is 91.2 Å². The van der Waals surface area contributed by atoms with Crippen molar-refractivity contribution >= 4 is 11.9 Å². The Morgan fingerprint density at radius 3 is 1.88 bits per heavy atom. The number of hydrogen-bond acceptors (Lipinski definition) is 4. The van der Waals surface area contributed by atoms with Crippen LogP contribution >= 0.6 is 0 Å². The van der Waals surface area contributed by atoms with Crippen LogP contribution in [0.3, 0.4) is 0 Å². The van der Waals surface area contributed by atoms with Crippen LogP contribution in [0.1, 0.15) is 23.3 Å². The predicted molar refractivity (Wildman–Crippen MR) is 51.1 cm³/mol. The van der Waals surface area contributed by atoms with E-state index in [1.807, 2.05) is 24.3 Å². The second kappa shape index (κ2) is 2.52. The molecule has 1 aromatic carbocycles. The van der Waals surface area contributed by atoms with Crippen LogP contribution in [-0.2, 0) is 19.1 Å². The monoisotopic (exact) mass is 216 g/mol. The first-order valence-electron chi connectivity index (χ1n) is 5.27. The number of carbonyl (C=O) groups is 2. The molecule has 4 nitrogen and oxygen atoms in total. The molecular formula is C12H8O4. The zero-order valence-electron chi connectivity index (χ0n) is 8.25. The van der Waals surface area contributed by atoms with E-state index in [4.69, 9.17) is 4.74 Å². The molecule has 1 aromatic rings.